The summed E-state index contributed by atoms with van der Waals surface area (Å²) in [6, 6.07) is 6.78. The summed E-state index contributed by atoms with van der Waals surface area (Å²) in [5, 5.41) is 0. The highest BCUT2D eigenvalue weighted by Gasteiger charge is 2.04. The Morgan fingerprint density at radius 1 is 1.28 bits per heavy atom. The molecule has 1 heterocycles. The monoisotopic (exact) mass is 311 g/mol. The Morgan fingerprint density at radius 2 is 2.11 bits per heavy atom. The molecule has 0 aliphatic heterocycles. The van der Waals surface area contributed by atoms with Gasteiger partial charge in [0.1, 0.15) is 23.9 Å². The Balaban J connectivity index is 2.06. The second kappa shape index (κ2) is 5.82. The number of ether oxygens (including phenoxy) is 2. The molecular weight excluding hydrogens is 301 g/mol. The van der Waals surface area contributed by atoms with Crippen molar-refractivity contribution in [3.05, 3.63) is 52.5 Å². The van der Waals surface area contributed by atoms with Crippen LogP contribution in [0.1, 0.15) is 5.56 Å². The second-order valence-electron chi connectivity index (χ2n) is 3.60. The van der Waals surface area contributed by atoms with E-state index in [4.69, 9.17) is 9.47 Å². The lowest BCUT2D eigenvalue weighted by molar-refractivity contribution is 0.302. The van der Waals surface area contributed by atoms with E-state index in [0.717, 1.165) is 16.4 Å². The third-order valence-electron chi connectivity index (χ3n) is 2.29. The predicted octanol–water partition coefficient (Wildman–Crippen LogP) is 3.57. The third kappa shape index (κ3) is 3.20. The van der Waals surface area contributed by atoms with Crippen molar-refractivity contribution >= 4 is 15.9 Å². The molecule has 0 amide bonds. The largest absolute Gasteiger partial charge is 0.497 e. The molecule has 0 N–H and O–H groups in total. The van der Waals surface area contributed by atoms with Gasteiger partial charge in [-0.2, -0.15) is 0 Å². The normalized spacial score (nSPS) is 10.2. The van der Waals surface area contributed by atoms with Crippen molar-refractivity contribution in [2.24, 2.45) is 0 Å². The first-order valence-corrected chi connectivity index (χ1v) is 6.04. The Bertz CT molecular complexity index is 548. The van der Waals surface area contributed by atoms with Gasteiger partial charge in [-0.05, 0) is 40.2 Å². The van der Waals surface area contributed by atoms with Gasteiger partial charge in [0.25, 0.3) is 0 Å². The van der Waals surface area contributed by atoms with Crippen molar-refractivity contribution in [2.75, 3.05) is 7.11 Å². The molecule has 5 heteroatoms. The maximum absolute atomic E-state index is 12.9. The molecule has 1 aromatic heterocycles. The highest BCUT2D eigenvalue weighted by Crippen LogP contribution is 2.29. The van der Waals surface area contributed by atoms with E-state index in [1.54, 1.807) is 31.5 Å². The van der Waals surface area contributed by atoms with Crippen LogP contribution in [0.15, 0.2) is 41.1 Å². The van der Waals surface area contributed by atoms with Gasteiger partial charge >= 0.3 is 0 Å². The quantitative estimate of drug-likeness (QED) is 0.865. The maximum Gasteiger partial charge on any atom is 0.141 e. The average Bonchev–Trinajstić information content (AvgIpc) is 2.37. The number of hydrogen-bond acceptors (Lipinski definition) is 3. The molecule has 0 unspecified atom stereocenters. The van der Waals surface area contributed by atoms with Gasteiger partial charge in [0.2, 0.25) is 0 Å². The van der Waals surface area contributed by atoms with Crippen LogP contribution >= 0.6 is 15.9 Å². The minimum Gasteiger partial charge on any atom is -0.497 e. The Morgan fingerprint density at radius 3 is 2.78 bits per heavy atom. The smallest absolute Gasteiger partial charge is 0.141 e. The van der Waals surface area contributed by atoms with Crippen LogP contribution in [0, 0.1) is 5.82 Å². The summed E-state index contributed by atoms with van der Waals surface area (Å²) in [4.78, 5) is 3.76. The van der Waals surface area contributed by atoms with E-state index in [2.05, 4.69) is 20.9 Å². The first-order chi connectivity index (χ1) is 8.69. The summed E-state index contributed by atoms with van der Waals surface area (Å²) in [5.41, 5.74) is 0.678. The van der Waals surface area contributed by atoms with Gasteiger partial charge in [0, 0.05) is 11.8 Å². The van der Waals surface area contributed by atoms with Gasteiger partial charge in [0.15, 0.2) is 0 Å². The van der Waals surface area contributed by atoms with Crippen molar-refractivity contribution in [3.8, 4) is 11.5 Å². The molecule has 2 rings (SSSR count). The van der Waals surface area contributed by atoms with E-state index < -0.39 is 0 Å². The van der Waals surface area contributed by atoms with Gasteiger partial charge in [-0.15, -0.1) is 0 Å². The van der Waals surface area contributed by atoms with Gasteiger partial charge in [-0.3, -0.25) is 4.98 Å². The molecule has 0 fully saturated rings. The number of rotatable bonds is 4. The standard InChI is InChI=1S/C13H11BrFNO2/c1-17-11-2-3-13(12(14)5-11)18-8-9-4-10(15)7-16-6-9/h2-7H,8H2,1H3. The Kier molecular flexibility index (Phi) is 4.15. The zero-order chi connectivity index (χ0) is 13.0. The fourth-order valence-electron chi connectivity index (χ4n) is 1.42. The number of pyridine rings is 1. The lowest BCUT2D eigenvalue weighted by Gasteiger charge is -2.09. The van der Waals surface area contributed by atoms with Crippen molar-refractivity contribution in [3.63, 3.8) is 0 Å². The molecule has 0 aliphatic rings. The minimum atomic E-state index is -0.370. The molecule has 0 aliphatic carbocycles. The Labute approximate surface area is 113 Å². The van der Waals surface area contributed by atoms with E-state index in [0.29, 0.717) is 11.3 Å². The fraction of sp³-hybridized carbons (Fsp3) is 0.154. The maximum atomic E-state index is 12.9. The molecule has 2 aromatic rings. The molecule has 0 atom stereocenters. The van der Waals surface area contributed by atoms with E-state index in [1.165, 1.54) is 6.07 Å². The van der Waals surface area contributed by atoms with Crippen LogP contribution in [0.4, 0.5) is 4.39 Å². The number of aromatic nitrogens is 1. The molecule has 3 nitrogen and oxygen atoms in total. The number of benzene rings is 1. The zero-order valence-corrected chi connectivity index (χ0v) is 11.3. The van der Waals surface area contributed by atoms with Crippen LogP contribution in [0.5, 0.6) is 11.5 Å². The van der Waals surface area contributed by atoms with Gasteiger partial charge in [-0.25, -0.2) is 4.39 Å². The summed E-state index contributed by atoms with van der Waals surface area (Å²) in [6.45, 7) is 0.260. The van der Waals surface area contributed by atoms with Crippen LogP contribution in [0.3, 0.4) is 0 Å². The van der Waals surface area contributed by atoms with Crippen LogP contribution in [0.2, 0.25) is 0 Å². The van der Waals surface area contributed by atoms with Crippen LogP contribution in [0.25, 0.3) is 0 Å². The molecule has 1 aromatic carbocycles. The van der Waals surface area contributed by atoms with Crippen molar-refractivity contribution in [1.29, 1.82) is 0 Å². The molecule has 0 saturated heterocycles. The molecule has 0 bridgehead atoms. The molecular formula is C13H11BrFNO2. The summed E-state index contributed by atoms with van der Waals surface area (Å²) in [5.74, 6) is 1.03. The van der Waals surface area contributed by atoms with Crippen LogP contribution in [-0.4, -0.2) is 12.1 Å². The van der Waals surface area contributed by atoms with Crippen LogP contribution in [-0.2, 0) is 6.61 Å². The first-order valence-electron chi connectivity index (χ1n) is 5.25. The summed E-state index contributed by atoms with van der Waals surface area (Å²) in [7, 11) is 1.60. The number of halogens is 2. The van der Waals surface area contributed by atoms with Crippen molar-refractivity contribution in [2.45, 2.75) is 6.61 Å². The number of hydrogen-bond donors (Lipinski definition) is 0. The van der Waals surface area contributed by atoms with Crippen molar-refractivity contribution < 1.29 is 13.9 Å². The predicted molar refractivity (Wildman–Crippen MR) is 69.2 cm³/mol. The molecule has 18 heavy (non-hydrogen) atoms. The minimum absolute atomic E-state index is 0.260. The molecule has 94 valence electrons. The SMILES string of the molecule is COc1ccc(OCc2cncc(F)c2)c(Br)c1. The third-order valence-corrected chi connectivity index (χ3v) is 2.91. The van der Waals surface area contributed by atoms with Gasteiger partial charge < -0.3 is 9.47 Å². The van der Waals surface area contributed by atoms with E-state index >= 15 is 0 Å². The molecule has 0 spiro atoms. The summed E-state index contributed by atoms with van der Waals surface area (Å²) >= 11 is 3.38. The fourth-order valence-corrected chi connectivity index (χ4v) is 1.89. The molecule has 0 radical (unpaired) electrons. The summed E-state index contributed by atoms with van der Waals surface area (Å²) in [6.07, 6.45) is 2.73. The van der Waals surface area contributed by atoms with E-state index in [-0.39, 0.29) is 12.4 Å². The lowest BCUT2D eigenvalue weighted by Crippen LogP contribution is -1.97. The first kappa shape index (κ1) is 12.8. The highest BCUT2D eigenvalue weighted by molar-refractivity contribution is 9.10. The van der Waals surface area contributed by atoms with E-state index in [1.807, 2.05) is 0 Å². The van der Waals surface area contributed by atoms with Gasteiger partial charge in [0.05, 0.1) is 17.8 Å². The topological polar surface area (TPSA) is 31.4 Å². The van der Waals surface area contributed by atoms with Crippen molar-refractivity contribution in [1.82, 2.24) is 4.98 Å². The average molecular weight is 312 g/mol. The summed E-state index contributed by atoms with van der Waals surface area (Å²) < 4.78 is 24.4. The molecule has 0 saturated carbocycles. The lowest BCUT2D eigenvalue weighted by atomic mass is 10.3. The van der Waals surface area contributed by atoms with E-state index in [9.17, 15) is 4.39 Å². The number of methoxy groups -OCH3 is 1. The van der Waals surface area contributed by atoms with Gasteiger partial charge in [-0.1, -0.05) is 0 Å². The van der Waals surface area contributed by atoms with Crippen LogP contribution < -0.4 is 9.47 Å². The second-order valence-corrected chi connectivity index (χ2v) is 4.45. The zero-order valence-electron chi connectivity index (χ0n) is 9.69. The Hall–Kier alpha value is -1.62. The highest BCUT2D eigenvalue weighted by atomic mass is 79.9. The number of nitrogens with zero attached hydrogens (tertiary/aromatic N) is 1.